The van der Waals surface area contributed by atoms with Crippen LogP contribution in [0, 0.1) is 6.92 Å². The van der Waals surface area contributed by atoms with Crippen molar-refractivity contribution in [3.8, 4) is 5.88 Å². The van der Waals surface area contributed by atoms with E-state index in [1.807, 2.05) is 13.8 Å². The van der Waals surface area contributed by atoms with Gasteiger partial charge in [-0.25, -0.2) is 13.8 Å². The maximum Gasteiger partial charge on any atom is 0.340 e. The Morgan fingerprint density at radius 1 is 1.33 bits per heavy atom. The Kier molecular flexibility index (Phi) is 4.53. The van der Waals surface area contributed by atoms with Gasteiger partial charge in [0.05, 0.1) is 0 Å². The summed E-state index contributed by atoms with van der Waals surface area (Å²) in [5, 5.41) is 0. The van der Waals surface area contributed by atoms with Gasteiger partial charge in [0, 0.05) is 11.8 Å². The molecule has 0 fully saturated rings. The molecular weight excluding hydrogens is 250 g/mol. The highest BCUT2D eigenvalue weighted by Gasteiger charge is 2.41. The van der Waals surface area contributed by atoms with E-state index in [2.05, 4.69) is 9.72 Å². The van der Waals surface area contributed by atoms with Crippen LogP contribution in [0.2, 0.25) is 0 Å². The first kappa shape index (κ1) is 14.7. The molecule has 1 heterocycles. The monoisotopic (exact) mass is 265 g/mol. The van der Waals surface area contributed by atoms with Crippen molar-refractivity contribution in [3.05, 3.63) is 23.4 Å². The Morgan fingerprint density at radius 3 is 2.39 bits per heavy atom. The molecule has 6 heteroatoms. The standard InChI is InChI=1S/C12H15F4NO/c1-7(2)9-4-8(3)10(17-5-9)18-6-12(15,16)11(13)14/h4-5,7,11H,6H2,1-3H3. The predicted molar refractivity (Wildman–Crippen MR) is 59.5 cm³/mol. The lowest BCUT2D eigenvalue weighted by molar-refractivity contribution is -0.148. The van der Waals surface area contributed by atoms with Crippen molar-refractivity contribution < 1.29 is 22.3 Å². The highest BCUT2D eigenvalue weighted by Crippen LogP contribution is 2.26. The van der Waals surface area contributed by atoms with Crippen molar-refractivity contribution in [2.24, 2.45) is 0 Å². The first-order chi connectivity index (χ1) is 8.24. The van der Waals surface area contributed by atoms with Gasteiger partial charge in [0.15, 0.2) is 6.61 Å². The Morgan fingerprint density at radius 2 is 1.94 bits per heavy atom. The number of hydrogen-bond donors (Lipinski definition) is 0. The van der Waals surface area contributed by atoms with Crippen LogP contribution in [0.4, 0.5) is 17.6 Å². The Hall–Kier alpha value is -1.33. The van der Waals surface area contributed by atoms with Crippen LogP contribution in [0.1, 0.15) is 30.9 Å². The molecule has 0 aliphatic rings. The van der Waals surface area contributed by atoms with E-state index in [4.69, 9.17) is 0 Å². The molecule has 18 heavy (non-hydrogen) atoms. The average molecular weight is 265 g/mol. The summed E-state index contributed by atoms with van der Waals surface area (Å²) in [5.74, 6) is -3.96. The van der Waals surface area contributed by atoms with E-state index in [9.17, 15) is 17.6 Å². The quantitative estimate of drug-likeness (QED) is 0.755. The summed E-state index contributed by atoms with van der Waals surface area (Å²) in [6, 6.07) is 1.74. The van der Waals surface area contributed by atoms with Crippen LogP contribution in [0.25, 0.3) is 0 Å². The molecule has 0 saturated carbocycles. The number of ether oxygens (including phenoxy) is 1. The molecule has 0 unspecified atom stereocenters. The van der Waals surface area contributed by atoms with Gasteiger partial charge in [-0.05, 0) is 24.5 Å². The number of halogens is 4. The van der Waals surface area contributed by atoms with E-state index in [1.54, 1.807) is 13.0 Å². The Labute approximate surface area is 103 Å². The first-order valence-corrected chi connectivity index (χ1v) is 5.49. The molecule has 0 aliphatic heterocycles. The smallest absolute Gasteiger partial charge is 0.340 e. The van der Waals surface area contributed by atoms with Crippen LogP contribution in [0.3, 0.4) is 0 Å². The second kappa shape index (κ2) is 5.54. The highest BCUT2D eigenvalue weighted by atomic mass is 19.3. The lowest BCUT2D eigenvalue weighted by Gasteiger charge is -2.17. The van der Waals surface area contributed by atoms with Crippen LogP contribution < -0.4 is 4.74 Å². The van der Waals surface area contributed by atoms with E-state index in [0.29, 0.717) is 5.56 Å². The Bertz CT molecular complexity index is 407. The number of aromatic nitrogens is 1. The van der Waals surface area contributed by atoms with Gasteiger partial charge in [-0.3, -0.25) is 0 Å². The molecule has 0 saturated heterocycles. The van der Waals surface area contributed by atoms with E-state index in [1.165, 1.54) is 6.20 Å². The molecule has 102 valence electrons. The summed E-state index contributed by atoms with van der Waals surface area (Å²) in [6.45, 7) is 4.18. The van der Waals surface area contributed by atoms with Crippen LogP contribution >= 0.6 is 0 Å². The van der Waals surface area contributed by atoms with Crippen molar-refractivity contribution in [2.45, 2.75) is 39.0 Å². The molecule has 0 spiro atoms. The molecule has 0 bridgehead atoms. The fraction of sp³-hybridized carbons (Fsp3) is 0.583. The molecule has 0 aromatic carbocycles. The van der Waals surface area contributed by atoms with Crippen molar-refractivity contribution >= 4 is 0 Å². The maximum atomic E-state index is 12.7. The Balaban J connectivity index is 2.75. The van der Waals surface area contributed by atoms with E-state index >= 15 is 0 Å². The third-order valence-electron chi connectivity index (χ3n) is 2.44. The van der Waals surface area contributed by atoms with Crippen molar-refractivity contribution in [1.82, 2.24) is 4.98 Å². The maximum absolute atomic E-state index is 12.7. The molecule has 0 atom stereocenters. The van der Waals surface area contributed by atoms with Crippen molar-refractivity contribution in [2.75, 3.05) is 6.61 Å². The molecule has 2 nitrogen and oxygen atoms in total. The zero-order valence-corrected chi connectivity index (χ0v) is 10.4. The van der Waals surface area contributed by atoms with Crippen LogP contribution in [0.15, 0.2) is 12.3 Å². The zero-order chi connectivity index (χ0) is 13.9. The summed E-state index contributed by atoms with van der Waals surface area (Å²) in [6.07, 6.45) is -2.25. The van der Waals surface area contributed by atoms with E-state index < -0.39 is 19.0 Å². The summed E-state index contributed by atoms with van der Waals surface area (Å²) < 4.78 is 53.9. The molecular formula is C12H15F4NO. The van der Waals surface area contributed by atoms with E-state index in [-0.39, 0.29) is 11.8 Å². The van der Waals surface area contributed by atoms with Crippen molar-refractivity contribution in [3.63, 3.8) is 0 Å². The lowest BCUT2D eigenvalue weighted by Crippen LogP contribution is -2.34. The second-order valence-corrected chi connectivity index (χ2v) is 4.40. The molecule has 1 rings (SSSR count). The topological polar surface area (TPSA) is 22.1 Å². The molecule has 0 N–H and O–H groups in total. The van der Waals surface area contributed by atoms with Gasteiger partial charge in [-0.2, -0.15) is 8.78 Å². The minimum atomic E-state index is -4.16. The van der Waals surface area contributed by atoms with Gasteiger partial charge in [-0.15, -0.1) is 0 Å². The first-order valence-electron chi connectivity index (χ1n) is 5.49. The largest absolute Gasteiger partial charge is 0.471 e. The van der Waals surface area contributed by atoms with Gasteiger partial charge >= 0.3 is 12.3 Å². The predicted octanol–water partition coefficient (Wildman–Crippen LogP) is 3.79. The van der Waals surface area contributed by atoms with Crippen molar-refractivity contribution in [1.29, 1.82) is 0 Å². The average Bonchev–Trinajstić information content (AvgIpc) is 2.26. The van der Waals surface area contributed by atoms with E-state index in [0.717, 1.165) is 5.56 Å². The van der Waals surface area contributed by atoms with Gasteiger partial charge in [0.1, 0.15) is 0 Å². The third kappa shape index (κ3) is 3.58. The zero-order valence-electron chi connectivity index (χ0n) is 10.4. The van der Waals surface area contributed by atoms with Crippen LogP contribution in [0.5, 0.6) is 5.88 Å². The van der Waals surface area contributed by atoms with Gasteiger partial charge < -0.3 is 4.74 Å². The number of aryl methyl sites for hydroxylation is 1. The molecule has 0 aliphatic carbocycles. The second-order valence-electron chi connectivity index (χ2n) is 4.40. The minimum Gasteiger partial charge on any atom is -0.471 e. The molecule has 0 amide bonds. The molecule has 0 radical (unpaired) electrons. The fourth-order valence-corrected chi connectivity index (χ4v) is 1.28. The SMILES string of the molecule is Cc1cc(C(C)C)cnc1OCC(F)(F)C(F)F. The summed E-state index contributed by atoms with van der Waals surface area (Å²) in [4.78, 5) is 3.86. The van der Waals surface area contributed by atoms with Gasteiger partial charge in [0.2, 0.25) is 5.88 Å². The summed E-state index contributed by atoms with van der Waals surface area (Å²) in [7, 11) is 0. The highest BCUT2D eigenvalue weighted by molar-refractivity contribution is 5.30. The number of nitrogens with zero attached hydrogens (tertiary/aromatic N) is 1. The minimum absolute atomic E-state index is 0.0419. The van der Waals surface area contributed by atoms with Crippen LogP contribution in [-0.4, -0.2) is 23.9 Å². The molecule has 1 aromatic heterocycles. The fourth-order valence-electron chi connectivity index (χ4n) is 1.28. The lowest BCUT2D eigenvalue weighted by atomic mass is 10.0. The third-order valence-corrected chi connectivity index (χ3v) is 2.44. The summed E-state index contributed by atoms with van der Waals surface area (Å²) in [5.41, 5.74) is 1.48. The summed E-state index contributed by atoms with van der Waals surface area (Å²) >= 11 is 0. The van der Waals surface area contributed by atoms with Gasteiger partial charge in [0.25, 0.3) is 0 Å². The number of hydrogen-bond acceptors (Lipinski definition) is 2. The van der Waals surface area contributed by atoms with Crippen LogP contribution in [-0.2, 0) is 0 Å². The number of alkyl halides is 4. The normalized spacial score (nSPS) is 12.3. The number of pyridine rings is 1. The number of rotatable bonds is 5. The molecule has 1 aromatic rings. The van der Waals surface area contributed by atoms with Gasteiger partial charge in [-0.1, -0.05) is 13.8 Å².